The van der Waals surface area contributed by atoms with Crippen LogP contribution in [0.2, 0.25) is 0 Å². The summed E-state index contributed by atoms with van der Waals surface area (Å²) < 4.78 is 34.2. The topological polar surface area (TPSA) is 55.4 Å². The Bertz CT molecular complexity index is 857. The molecule has 2 rings (SSSR count). The van der Waals surface area contributed by atoms with Gasteiger partial charge in [0.25, 0.3) is 0 Å². The number of ether oxygens (including phenoxy) is 1. The first-order valence-corrected chi connectivity index (χ1v) is 9.92. The van der Waals surface area contributed by atoms with Crippen molar-refractivity contribution in [1.82, 2.24) is 4.72 Å². The molecule has 1 N–H and O–H groups in total. The molecule has 2 aromatic carbocycles. The molecule has 0 amide bonds. The molecular weight excluding hydrogens is 334 g/mol. The second-order valence-corrected chi connectivity index (χ2v) is 8.40. The minimum atomic E-state index is -3.64. The maximum Gasteiger partial charge on any atom is 0.241 e. The van der Waals surface area contributed by atoms with E-state index in [1.165, 1.54) is 0 Å². The van der Waals surface area contributed by atoms with Crippen molar-refractivity contribution in [2.75, 3.05) is 7.11 Å². The zero-order chi connectivity index (χ0) is 18.8. The summed E-state index contributed by atoms with van der Waals surface area (Å²) in [5.41, 5.74) is 3.59. The Labute approximate surface area is 151 Å². The van der Waals surface area contributed by atoms with E-state index >= 15 is 0 Å². The summed E-state index contributed by atoms with van der Waals surface area (Å²) in [5, 5.41) is 0. The number of hydrogen-bond donors (Lipinski definition) is 1. The molecule has 0 spiro atoms. The van der Waals surface area contributed by atoms with Gasteiger partial charge in [0.2, 0.25) is 10.0 Å². The molecule has 0 heterocycles. The van der Waals surface area contributed by atoms with Crippen molar-refractivity contribution in [3.8, 4) is 5.75 Å². The second-order valence-electron chi connectivity index (χ2n) is 6.71. The molecule has 0 aliphatic heterocycles. The predicted octanol–water partition coefficient (Wildman–Crippen LogP) is 4.47. The number of benzene rings is 2. The molecule has 0 unspecified atom stereocenters. The quantitative estimate of drug-likeness (QED) is 0.825. The first-order chi connectivity index (χ1) is 11.7. The van der Waals surface area contributed by atoms with Crippen molar-refractivity contribution < 1.29 is 13.2 Å². The third-order valence-electron chi connectivity index (χ3n) is 4.43. The number of hydrogen-bond acceptors (Lipinski definition) is 3. The minimum Gasteiger partial charge on any atom is -0.496 e. The highest BCUT2D eigenvalue weighted by Gasteiger charge is 2.23. The average Bonchev–Trinajstić information content (AvgIpc) is 2.53. The van der Waals surface area contributed by atoms with Crippen molar-refractivity contribution in [3.05, 3.63) is 58.7 Å². The normalized spacial score (nSPS) is 13.1. The molecule has 25 heavy (non-hydrogen) atoms. The Morgan fingerprint density at radius 2 is 1.60 bits per heavy atom. The number of aryl methyl sites for hydroxylation is 2. The highest BCUT2D eigenvalue weighted by molar-refractivity contribution is 7.89. The van der Waals surface area contributed by atoms with Crippen molar-refractivity contribution in [1.29, 1.82) is 0 Å². The van der Waals surface area contributed by atoms with Crippen LogP contribution in [-0.4, -0.2) is 15.5 Å². The number of nitrogens with one attached hydrogen (secondary N) is 1. The van der Waals surface area contributed by atoms with E-state index in [2.05, 4.69) is 4.72 Å². The van der Waals surface area contributed by atoms with Crippen LogP contribution in [0.25, 0.3) is 0 Å². The van der Waals surface area contributed by atoms with Gasteiger partial charge >= 0.3 is 0 Å². The fourth-order valence-corrected chi connectivity index (χ4v) is 4.51. The van der Waals surface area contributed by atoms with Crippen molar-refractivity contribution >= 4 is 10.0 Å². The van der Waals surface area contributed by atoms with E-state index in [4.69, 9.17) is 4.74 Å². The van der Waals surface area contributed by atoms with Crippen LogP contribution < -0.4 is 9.46 Å². The number of methoxy groups -OCH3 is 1. The van der Waals surface area contributed by atoms with E-state index in [-0.39, 0.29) is 12.0 Å². The molecule has 0 aromatic heterocycles. The third-order valence-corrected chi connectivity index (χ3v) is 6.11. The molecule has 136 valence electrons. The summed E-state index contributed by atoms with van der Waals surface area (Å²) in [6, 6.07) is 11.0. The molecule has 0 bridgehead atoms. The van der Waals surface area contributed by atoms with Crippen LogP contribution in [-0.2, 0) is 10.0 Å². The van der Waals surface area contributed by atoms with E-state index in [1.54, 1.807) is 26.2 Å². The molecule has 0 saturated carbocycles. The van der Waals surface area contributed by atoms with Gasteiger partial charge < -0.3 is 4.74 Å². The lowest BCUT2D eigenvalue weighted by molar-refractivity contribution is 0.406. The zero-order valence-electron chi connectivity index (χ0n) is 15.8. The average molecular weight is 362 g/mol. The Hall–Kier alpha value is -1.85. The van der Waals surface area contributed by atoms with Gasteiger partial charge in [-0.2, -0.15) is 0 Å². The molecule has 2 aromatic rings. The SMILES string of the molecule is COc1cc(C)c(S(=O)(=O)N[C@@H](C)c2ccccc2C)cc1C(C)C. The van der Waals surface area contributed by atoms with Crippen molar-refractivity contribution in [2.45, 2.75) is 51.5 Å². The lowest BCUT2D eigenvalue weighted by Gasteiger charge is -2.20. The van der Waals surface area contributed by atoms with Crippen molar-refractivity contribution in [3.63, 3.8) is 0 Å². The molecule has 0 fully saturated rings. The van der Waals surface area contributed by atoms with Crippen LogP contribution in [0, 0.1) is 13.8 Å². The largest absolute Gasteiger partial charge is 0.496 e. The van der Waals surface area contributed by atoms with Crippen LogP contribution in [0.1, 0.15) is 55.0 Å². The number of sulfonamides is 1. The van der Waals surface area contributed by atoms with Crippen LogP contribution in [0.3, 0.4) is 0 Å². The maximum atomic E-state index is 13.0. The van der Waals surface area contributed by atoms with Gasteiger partial charge in [-0.3, -0.25) is 0 Å². The lowest BCUT2D eigenvalue weighted by Crippen LogP contribution is -2.28. The fourth-order valence-electron chi connectivity index (χ4n) is 3.03. The van der Waals surface area contributed by atoms with E-state index in [9.17, 15) is 8.42 Å². The lowest BCUT2D eigenvalue weighted by atomic mass is 10.0. The first kappa shape index (κ1) is 19.5. The van der Waals surface area contributed by atoms with Gasteiger partial charge in [0.05, 0.1) is 12.0 Å². The van der Waals surface area contributed by atoms with Crippen LogP contribution >= 0.6 is 0 Å². The Balaban J connectivity index is 2.43. The van der Waals surface area contributed by atoms with Gasteiger partial charge in [-0.05, 0) is 61.1 Å². The molecule has 0 aliphatic rings. The maximum absolute atomic E-state index is 13.0. The molecule has 1 atom stereocenters. The van der Waals surface area contributed by atoms with Crippen LogP contribution in [0.5, 0.6) is 5.75 Å². The third kappa shape index (κ3) is 4.22. The summed E-state index contributed by atoms with van der Waals surface area (Å²) in [5.74, 6) is 0.886. The van der Waals surface area contributed by atoms with E-state index in [1.807, 2.05) is 52.0 Å². The summed E-state index contributed by atoms with van der Waals surface area (Å²) in [6.45, 7) is 9.68. The minimum absolute atomic E-state index is 0.165. The molecule has 4 nitrogen and oxygen atoms in total. The summed E-state index contributed by atoms with van der Waals surface area (Å²) in [7, 11) is -2.04. The van der Waals surface area contributed by atoms with E-state index in [0.717, 1.165) is 22.4 Å². The zero-order valence-corrected chi connectivity index (χ0v) is 16.6. The molecule has 0 radical (unpaired) electrons. The van der Waals surface area contributed by atoms with Gasteiger partial charge in [0.15, 0.2) is 0 Å². The van der Waals surface area contributed by atoms with Gasteiger partial charge in [-0.1, -0.05) is 38.1 Å². The Morgan fingerprint density at radius 3 is 2.16 bits per heavy atom. The first-order valence-electron chi connectivity index (χ1n) is 8.43. The smallest absolute Gasteiger partial charge is 0.241 e. The monoisotopic (exact) mass is 361 g/mol. The number of rotatable bonds is 6. The van der Waals surface area contributed by atoms with Crippen LogP contribution in [0.15, 0.2) is 41.3 Å². The predicted molar refractivity (Wildman–Crippen MR) is 102 cm³/mol. The second kappa shape index (κ2) is 7.58. The summed E-state index contributed by atoms with van der Waals surface area (Å²) >= 11 is 0. The van der Waals surface area contributed by atoms with Gasteiger partial charge in [-0.25, -0.2) is 13.1 Å². The highest BCUT2D eigenvalue weighted by atomic mass is 32.2. The Kier molecular flexibility index (Phi) is 5.91. The van der Waals surface area contributed by atoms with Gasteiger partial charge in [-0.15, -0.1) is 0 Å². The molecule has 0 saturated heterocycles. The molecular formula is C20H27NO3S. The van der Waals surface area contributed by atoms with Crippen molar-refractivity contribution in [2.24, 2.45) is 0 Å². The fraction of sp³-hybridized carbons (Fsp3) is 0.400. The van der Waals surface area contributed by atoms with Crippen LogP contribution in [0.4, 0.5) is 0 Å². The Morgan fingerprint density at radius 1 is 0.960 bits per heavy atom. The van der Waals surface area contributed by atoms with Gasteiger partial charge in [0.1, 0.15) is 5.75 Å². The van der Waals surface area contributed by atoms with E-state index in [0.29, 0.717) is 10.5 Å². The summed E-state index contributed by atoms with van der Waals surface area (Å²) in [6.07, 6.45) is 0. The highest BCUT2D eigenvalue weighted by Crippen LogP contribution is 2.32. The van der Waals surface area contributed by atoms with Gasteiger partial charge in [0, 0.05) is 6.04 Å². The standard InChI is InChI=1S/C20H27NO3S/c1-13(2)18-12-20(15(4)11-19(18)24-6)25(22,23)21-16(5)17-10-8-7-9-14(17)3/h7-13,16,21H,1-6H3/t16-/m0/s1. The van der Waals surface area contributed by atoms with E-state index < -0.39 is 10.0 Å². The molecule has 5 heteroatoms. The molecule has 0 aliphatic carbocycles. The summed E-state index contributed by atoms with van der Waals surface area (Å²) in [4.78, 5) is 0.303.